The quantitative estimate of drug-likeness (QED) is 0.808. The molecule has 3 rings (SSSR count). The van der Waals surface area contributed by atoms with Crippen LogP contribution in [0.25, 0.3) is 0 Å². The van der Waals surface area contributed by atoms with Gasteiger partial charge < -0.3 is 5.32 Å². The van der Waals surface area contributed by atoms with E-state index >= 15 is 0 Å². The normalized spacial score (nSPS) is 42.6. The molecule has 0 saturated heterocycles. The summed E-state index contributed by atoms with van der Waals surface area (Å²) in [6.07, 6.45) is 2.54. The number of thioether (sulfide) groups is 1. The van der Waals surface area contributed by atoms with E-state index in [9.17, 15) is 9.59 Å². The van der Waals surface area contributed by atoms with E-state index in [0.29, 0.717) is 17.4 Å². The van der Waals surface area contributed by atoms with Crippen LogP contribution in [0.3, 0.4) is 0 Å². The van der Waals surface area contributed by atoms with Gasteiger partial charge in [0.2, 0.25) is 5.91 Å². The van der Waals surface area contributed by atoms with E-state index in [1.807, 2.05) is 6.92 Å². The van der Waals surface area contributed by atoms with Gasteiger partial charge in [-0.2, -0.15) is 0 Å². The van der Waals surface area contributed by atoms with Crippen LogP contribution in [0.5, 0.6) is 0 Å². The molecule has 3 aliphatic rings. The van der Waals surface area contributed by atoms with Gasteiger partial charge in [0.1, 0.15) is 5.78 Å². The van der Waals surface area contributed by atoms with Gasteiger partial charge >= 0.3 is 0 Å². The topological polar surface area (TPSA) is 58.5 Å². The first-order valence-corrected chi connectivity index (χ1v) is 8.22. The standard InChI is InChI=1S/C15H22N2O2S/c1-8-7-10(18)17-13(16-8)20-12-11(19)9-5-6-15(12,4)14(9,2)3/h8-9,12H,5-7H2,1-4H3,(H,16,17,18)/t8-,9+,12+,15+/m0/s1. The minimum absolute atomic E-state index is 0.00729. The molecule has 1 aliphatic heterocycles. The van der Waals surface area contributed by atoms with E-state index in [2.05, 4.69) is 31.1 Å². The summed E-state index contributed by atoms with van der Waals surface area (Å²) in [6.45, 7) is 8.60. The van der Waals surface area contributed by atoms with Crippen molar-refractivity contribution in [2.24, 2.45) is 21.7 Å². The Morgan fingerprint density at radius 3 is 2.55 bits per heavy atom. The largest absolute Gasteiger partial charge is 0.305 e. The predicted molar refractivity (Wildman–Crippen MR) is 80.7 cm³/mol. The van der Waals surface area contributed by atoms with Gasteiger partial charge in [0.25, 0.3) is 0 Å². The van der Waals surface area contributed by atoms with Crippen LogP contribution in [-0.4, -0.2) is 28.1 Å². The number of amidine groups is 1. The predicted octanol–water partition coefficient (Wildman–Crippen LogP) is 2.38. The first-order chi connectivity index (χ1) is 9.25. The molecule has 0 aromatic carbocycles. The maximum atomic E-state index is 12.6. The average Bonchev–Trinajstić information content (AvgIpc) is 2.62. The fourth-order valence-corrected chi connectivity index (χ4v) is 5.66. The van der Waals surface area contributed by atoms with Gasteiger partial charge in [0, 0.05) is 12.3 Å². The zero-order valence-corrected chi connectivity index (χ0v) is 13.3. The number of fused-ring (bicyclic) bond motifs is 2. The van der Waals surface area contributed by atoms with Crippen molar-refractivity contribution in [2.45, 2.75) is 58.2 Å². The molecule has 2 fully saturated rings. The highest BCUT2D eigenvalue weighted by Gasteiger charge is 2.66. The summed E-state index contributed by atoms with van der Waals surface area (Å²) in [5, 5.41) is 3.39. The maximum absolute atomic E-state index is 12.6. The van der Waals surface area contributed by atoms with Crippen molar-refractivity contribution in [1.82, 2.24) is 5.32 Å². The van der Waals surface area contributed by atoms with E-state index in [1.54, 1.807) is 0 Å². The fraction of sp³-hybridized carbons (Fsp3) is 0.800. The third-order valence-electron chi connectivity index (χ3n) is 5.77. The van der Waals surface area contributed by atoms with Gasteiger partial charge in [-0.05, 0) is 30.6 Å². The van der Waals surface area contributed by atoms with Crippen molar-refractivity contribution >= 4 is 28.6 Å². The first-order valence-electron chi connectivity index (χ1n) is 7.34. The zero-order chi connectivity index (χ0) is 14.7. The van der Waals surface area contributed by atoms with E-state index in [1.165, 1.54) is 11.8 Å². The van der Waals surface area contributed by atoms with Gasteiger partial charge in [-0.3, -0.25) is 14.6 Å². The van der Waals surface area contributed by atoms with E-state index in [4.69, 9.17) is 0 Å². The number of ketones is 1. The molecule has 1 N–H and O–H groups in total. The van der Waals surface area contributed by atoms with Crippen molar-refractivity contribution < 1.29 is 9.59 Å². The number of rotatable bonds is 1. The summed E-state index contributed by atoms with van der Waals surface area (Å²) in [6, 6.07) is 0.0146. The summed E-state index contributed by atoms with van der Waals surface area (Å²) in [4.78, 5) is 28.7. The zero-order valence-electron chi connectivity index (χ0n) is 12.5. The molecule has 2 saturated carbocycles. The number of nitrogens with zero attached hydrogens (tertiary/aromatic N) is 1. The van der Waals surface area contributed by atoms with E-state index in [0.717, 1.165) is 12.8 Å². The highest BCUT2D eigenvalue weighted by atomic mass is 32.2. The number of nitrogens with one attached hydrogen (secondary N) is 1. The van der Waals surface area contributed by atoms with Crippen LogP contribution in [0.2, 0.25) is 0 Å². The van der Waals surface area contributed by atoms with Gasteiger partial charge in [0.15, 0.2) is 5.17 Å². The fourth-order valence-electron chi connectivity index (χ4n) is 4.07. The molecule has 0 spiro atoms. The molecule has 2 aliphatic carbocycles. The lowest BCUT2D eigenvalue weighted by molar-refractivity contribution is -0.122. The van der Waals surface area contributed by atoms with Gasteiger partial charge in [-0.1, -0.05) is 32.5 Å². The number of aliphatic imine (C=N–C) groups is 1. The second kappa shape index (κ2) is 4.33. The molecule has 20 heavy (non-hydrogen) atoms. The second-order valence-corrected chi connectivity index (χ2v) is 8.26. The number of hydrogen-bond acceptors (Lipinski definition) is 4. The number of Topliss-reactive ketones (excluding diaryl/α,β-unsaturated/α-hetero) is 1. The molecule has 0 aromatic heterocycles. The highest BCUT2D eigenvalue weighted by Crippen LogP contribution is 2.66. The molecule has 5 heteroatoms. The third-order valence-corrected chi connectivity index (χ3v) is 7.19. The van der Waals surface area contributed by atoms with Gasteiger partial charge in [-0.25, -0.2) is 0 Å². The Bertz CT molecular complexity index is 514. The number of hydrogen-bond donors (Lipinski definition) is 1. The highest BCUT2D eigenvalue weighted by molar-refractivity contribution is 8.15. The Balaban J connectivity index is 1.86. The summed E-state index contributed by atoms with van der Waals surface area (Å²) < 4.78 is 0. The average molecular weight is 294 g/mol. The Labute approximate surface area is 124 Å². The summed E-state index contributed by atoms with van der Waals surface area (Å²) in [5.41, 5.74) is 0.0555. The van der Waals surface area contributed by atoms with Crippen LogP contribution in [0, 0.1) is 16.7 Å². The van der Waals surface area contributed by atoms with E-state index < -0.39 is 0 Å². The molecule has 0 unspecified atom stereocenters. The third kappa shape index (κ3) is 1.78. The van der Waals surface area contributed by atoms with Gasteiger partial charge in [0.05, 0.1) is 11.3 Å². The summed E-state index contributed by atoms with van der Waals surface area (Å²) in [7, 11) is 0. The molecule has 4 nitrogen and oxygen atoms in total. The summed E-state index contributed by atoms with van der Waals surface area (Å²) in [5.74, 6) is 0.529. The minimum Gasteiger partial charge on any atom is -0.305 e. The van der Waals surface area contributed by atoms with Crippen molar-refractivity contribution in [1.29, 1.82) is 0 Å². The smallest absolute Gasteiger partial charge is 0.228 e. The lowest BCUT2D eigenvalue weighted by Crippen LogP contribution is -2.41. The Kier molecular flexibility index (Phi) is 3.05. The van der Waals surface area contributed by atoms with Gasteiger partial charge in [-0.15, -0.1) is 0 Å². The maximum Gasteiger partial charge on any atom is 0.228 e. The Morgan fingerprint density at radius 2 is 2.00 bits per heavy atom. The monoisotopic (exact) mass is 294 g/mol. The molecule has 110 valence electrons. The van der Waals surface area contributed by atoms with Crippen molar-refractivity contribution in [2.75, 3.05) is 0 Å². The van der Waals surface area contributed by atoms with Crippen molar-refractivity contribution in [3.63, 3.8) is 0 Å². The number of carbonyl (C=O) groups excluding carboxylic acids is 2. The van der Waals surface area contributed by atoms with Crippen molar-refractivity contribution in [3.05, 3.63) is 0 Å². The van der Waals surface area contributed by atoms with Crippen LogP contribution >= 0.6 is 11.8 Å². The molecule has 0 aromatic rings. The van der Waals surface area contributed by atoms with E-state index in [-0.39, 0.29) is 33.9 Å². The molecule has 1 heterocycles. The minimum atomic E-state index is -0.0689. The Morgan fingerprint density at radius 1 is 1.30 bits per heavy atom. The molecule has 2 bridgehead atoms. The molecule has 4 atom stereocenters. The molecule has 1 amide bonds. The number of amides is 1. The second-order valence-electron chi connectivity index (χ2n) is 7.17. The lowest BCUT2D eigenvalue weighted by Gasteiger charge is -2.38. The molecule has 0 radical (unpaired) electrons. The van der Waals surface area contributed by atoms with Crippen LogP contribution in [0.4, 0.5) is 0 Å². The molecular formula is C15H22N2O2S. The Hall–Kier alpha value is -0.840. The van der Waals surface area contributed by atoms with Crippen LogP contribution in [0.1, 0.15) is 47.0 Å². The summed E-state index contributed by atoms with van der Waals surface area (Å²) >= 11 is 1.48. The SMILES string of the molecule is C[C@H]1CC(=O)NC(S[C@@H]2C(=O)[C@H]3CC[C@@]2(C)C3(C)C)=N1. The van der Waals surface area contributed by atoms with Crippen LogP contribution in [-0.2, 0) is 9.59 Å². The molecular weight excluding hydrogens is 272 g/mol. The van der Waals surface area contributed by atoms with Crippen molar-refractivity contribution in [3.8, 4) is 0 Å². The first kappa shape index (κ1) is 14.1. The van der Waals surface area contributed by atoms with Crippen LogP contribution in [0.15, 0.2) is 4.99 Å². The number of carbonyl (C=O) groups is 2. The lowest BCUT2D eigenvalue weighted by atomic mass is 9.71. The van der Waals surface area contributed by atoms with Crippen LogP contribution < -0.4 is 5.32 Å².